The Balaban J connectivity index is 2.06. The van der Waals surface area contributed by atoms with Crippen molar-refractivity contribution < 1.29 is 22.8 Å². The van der Waals surface area contributed by atoms with Gasteiger partial charge in [-0.05, 0) is 24.6 Å². The Morgan fingerprint density at radius 2 is 1.50 bits per heavy atom. The summed E-state index contributed by atoms with van der Waals surface area (Å²) >= 11 is 0. The van der Waals surface area contributed by atoms with Crippen LogP contribution >= 0.6 is 0 Å². The summed E-state index contributed by atoms with van der Waals surface area (Å²) in [5.41, 5.74) is 1.01. The highest BCUT2D eigenvalue weighted by atomic mass is 19.4. The van der Waals surface area contributed by atoms with Crippen LogP contribution in [-0.4, -0.2) is 23.6 Å². The number of amides is 1. The molecule has 0 aliphatic carbocycles. The molecule has 0 aromatic heterocycles. The van der Waals surface area contributed by atoms with Crippen molar-refractivity contribution in [1.29, 1.82) is 0 Å². The first-order valence-electron chi connectivity index (χ1n) is 7.21. The Morgan fingerprint density at radius 1 is 0.958 bits per heavy atom. The second kappa shape index (κ2) is 6.86. The van der Waals surface area contributed by atoms with Crippen LogP contribution in [0.3, 0.4) is 0 Å². The SMILES string of the molecule is Cc1ccc(C(=O)C(=O)N(C)Cc2ccc(C(F)(F)F)cc2)cc1. The summed E-state index contributed by atoms with van der Waals surface area (Å²) in [6.07, 6.45) is -4.40. The topological polar surface area (TPSA) is 37.4 Å². The Hall–Kier alpha value is -2.63. The van der Waals surface area contributed by atoms with Gasteiger partial charge in [0.05, 0.1) is 5.56 Å². The van der Waals surface area contributed by atoms with Crippen LogP contribution in [0.5, 0.6) is 0 Å². The number of carbonyl (C=O) groups excluding carboxylic acids is 2. The molecular weight excluding hydrogens is 319 g/mol. The molecule has 0 saturated heterocycles. The van der Waals surface area contributed by atoms with Crippen LogP contribution in [-0.2, 0) is 17.5 Å². The first-order chi connectivity index (χ1) is 11.2. The van der Waals surface area contributed by atoms with Crippen LogP contribution in [0.25, 0.3) is 0 Å². The smallest absolute Gasteiger partial charge is 0.335 e. The molecule has 2 rings (SSSR count). The quantitative estimate of drug-likeness (QED) is 0.629. The van der Waals surface area contributed by atoms with E-state index in [9.17, 15) is 22.8 Å². The third-order valence-corrected chi connectivity index (χ3v) is 3.56. The highest BCUT2D eigenvalue weighted by molar-refractivity contribution is 6.42. The number of carbonyl (C=O) groups is 2. The number of halogens is 3. The summed E-state index contributed by atoms with van der Waals surface area (Å²) in [6, 6.07) is 11.1. The lowest BCUT2D eigenvalue weighted by molar-refractivity contribution is -0.137. The summed E-state index contributed by atoms with van der Waals surface area (Å²) in [7, 11) is 1.44. The average Bonchev–Trinajstić information content (AvgIpc) is 2.54. The zero-order valence-electron chi connectivity index (χ0n) is 13.2. The minimum absolute atomic E-state index is 0.0502. The average molecular weight is 335 g/mol. The maximum Gasteiger partial charge on any atom is 0.416 e. The van der Waals surface area contributed by atoms with Gasteiger partial charge in [-0.3, -0.25) is 9.59 Å². The molecule has 0 unspecified atom stereocenters. The fraction of sp³-hybridized carbons (Fsp3) is 0.222. The number of aryl methyl sites for hydroxylation is 1. The maximum absolute atomic E-state index is 12.5. The van der Waals surface area contributed by atoms with E-state index in [-0.39, 0.29) is 12.1 Å². The highest BCUT2D eigenvalue weighted by Gasteiger charge is 2.30. The molecule has 0 fully saturated rings. The third-order valence-electron chi connectivity index (χ3n) is 3.56. The first kappa shape index (κ1) is 17.7. The molecule has 3 nitrogen and oxygen atoms in total. The standard InChI is InChI=1S/C18H16F3NO2/c1-12-3-7-14(8-4-12)16(23)17(24)22(2)11-13-5-9-15(10-6-13)18(19,20)21/h3-10H,11H2,1-2H3. The normalized spacial score (nSPS) is 11.2. The van der Waals surface area contributed by atoms with Crippen molar-refractivity contribution in [2.45, 2.75) is 19.6 Å². The number of Topliss-reactive ketones (excluding diaryl/α,β-unsaturated/α-hetero) is 1. The first-order valence-corrected chi connectivity index (χ1v) is 7.21. The number of hydrogen-bond acceptors (Lipinski definition) is 2. The minimum atomic E-state index is -4.40. The fourth-order valence-electron chi connectivity index (χ4n) is 2.15. The van der Waals surface area contributed by atoms with Crippen LogP contribution in [0.1, 0.15) is 27.0 Å². The van der Waals surface area contributed by atoms with Crippen LogP contribution in [0, 0.1) is 6.92 Å². The molecule has 126 valence electrons. The number of rotatable bonds is 4. The van der Waals surface area contributed by atoms with Gasteiger partial charge >= 0.3 is 6.18 Å². The van der Waals surface area contributed by atoms with E-state index in [0.717, 1.165) is 17.7 Å². The van der Waals surface area contributed by atoms with Crippen molar-refractivity contribution in [2.75, 3.05) is 7.05 Å². The molecule has 0 heterocycles. The molecule has 6 heteroatoms. The molecule has 0 bridgehead atoms. The van der Waals surface area contributed by atoms with Gasteiger partial charge in [0.2, 0.25) is 5.78 Å². The van der Waals surface area contributed by atoms with Crippen molar-refractivity contribution in [2.24, 2.45) is 0 Å². The minimum Gasteiger partial charge on any atom is -0.335 e. The highest BCUT2D eigenvalue weighted by Crippen LogP contribution is 2.29. The summed E-state index contributed by atoms with van der Waals surface area (Å²) in [6.45, 7) is 1.92. The number of likely N-dealkylation sites (N-methyl/N-ethyl adjacent to an activating group) is 1. The van der Waals surface area contributed by atoms with Gasteiger partial charge in [0.25, 0.3) is 5.91 Å². The van der Waals surface area contributed by atoms with E-state index in [1.165, 1.54) is 24.1 Å². The van der Waals surface area contributed by atoms with Gasteiger partial charge in [0.1, 0.15) is 0 Å². The molecule has 24 heavy (non-hydrogen) atoms. The van der Waals surface area contributed by atoms with Crippen LogP contribution < -0.4 is 0 Å². The van der Waals surface area contributed by atoms with Gasteiger partial charge in [-0.15, -0.1) is 0 Å². The molecular formula is C18H16F3NO2. The summed E-state index contributed by atoms with van der Waals surface area (Å²) in [5, 5.41) is 0. The number of nitrogens with zero attached hydrogens (tertiary/aromatic N) is 1. The van der Waals surface area contributed by atoms with Crippen molar-refractivity contribution in [3.8, 4) is 0 Å². The monoisotopic (exact) mass is 335 g/mol. The Kier molecular flexibility index (Phi) is 5.07. The van der Waals surface area contributed by atoms with E-state index in [2.05, 4.69) is 0 Å². The van der Waals surface area contributed by atoms with Gasteiger partial charge in [0.15, 0.2) is 0 Å². The van der Waals surface area contributed by atoms with E-state index in [4.69, 9.17) is 0 Å². The molecule has 0 N–H and O–H groups in total. The largest absolute Gasteiger partial charge is 0.416 e. The maximum atomic E-state index is 12.5. The lowest BCUT2D eigenvalue weighted by atomic mass is 10.1. The van der Waals surface area contributed by atoms with Gasteiger partial charge < -0.3 is 4.90 Å². The predicted molar refractivity (Wildman–Crippen MR) is 83.4 cm³/mol. The number of benzene rings is 2. The van der Waals surface area contributed by atoms with Crippen molar-refractivity contribution >= 4 is 11.7 Å². The Bertz CT molecular complexity index is 734. The Labute approximate surface area is 137 Å². The van der Waals surface area contributed by atoms with Crippen molar-refractivity contribution in [1.82, 2.24) is 4.90 Å². The second-order valence-electron chi connectivity index (χ2n) is 5.55. The van der Waals surface area contributed by atoms with Crippen LogP contribution in [0.4, 0.5) is 13.2 Å². The van der Waals surface area contributed by atoms with E-state index in [1.807, 2.05) is 6.92 Å². The fourth-order valence-corrected chi connectivity index (χ4v) is 2.15. The predicted octanol–water partition coefficient (Wildman–Crippen LogP) is 3.86. The van der Waals surface area contributed by atoms with Crippen LogP contribution in [0.15, 0.2) is 48.5 Å². The Morgan fingerprint density at radius 3 is 2.00 bits per heavy atom. The van der Waals surface area contributed by atoms with Gasteiger partial charge in [-0.1, -0.05) is 42.0 Å². The van der Waals surface area contributed by atoms with Crippen molar-refractivity contribution in [3.63, 3.8) is 0 Å². The zero-order chi connectivity index (χ0) is 17.9. The molecule has 0 aliphatic rings. The summed E-state index contributed by atoms with van der Waals surface area (Å²) < 4.78 is 37.6. The zero-order valence-corrected chi connectivity index (χ0v) is 13.2. The molecule has 0 aliphatic heterocycles. The van der Waals surface area contributed by atoms with Crippen LogP contribution in [0.2, 0.25) is 0 Å². The molecule has 0 radical (unpaired) electrons. The number of alkyl halides is 3. The van der Waals surface area contributed by atoms with Gasteiger partial charge in [-0.2, -0.15) is 13.2 Å². The van der Waals surface area contributed by atoms with Gasteiger partial charge in [0, 0.05) is 19.2 Å². The molecule has 0 saturated carbocycles. The molecule has 2 aromatic carbocycles. The molecule has 0 atom stereocenters. The lowest BCUT2D eigenvalue weighted by Crippen LogP contribution is -2.32. The number of ketones is 1. The lowest BCUT2D eigenvalue weighted by Gasteiger charge is -2.17. The summed E-state index contributed by atoms with van der Waals surface area (Å²) in [4.78, 5) is 25.5. The van der Waals surface area contributed by atoms with E-state index in [1.54, 1.807) is 24.3 Å². The molecule has 1 amide bonds. The number of hydrogen-bond donors (Lipinski definition) is 0. The van der Waals surface area contributed by atoms with Crippen molar-refractivity contribution in [3.05, 3.63) is 70.8 Å². The summed E-state index contributed by atoms with van der Waals surface area (Å²) in [5.74, 6) is -1.36. The van der Waals surface area contributed by atoms with Gasteiger partial charge in [-0.25, -0.2) is 0 Å². The van der Waals surface area contributed by atoms with E-state index >= 15 is 0 Å². The second-order valence-corrected chi connectivity index (χ2v) is 5.55. The third kappa shape index (κ3) is 4.22. The van der Waals surface area contributed by atoms with E-state index in [0.29, 0.717) is 5.56 Å². The van der Waals surface area contributed by atoms with E-state index < -0.39 is 23.4 Å². The molecule has 0 spiro atoms. The molecule has 2 aromatic rings.